The molecule has 0 fully saturated rings. The van der Waals surface area contributed by atoms with Gasteiger partial charge < -0.3 is 14.4 Å². The number of rotatable bonds is 9. The largest absolute Gasteiger partial charge is 0.478 e. The molecule has 1 aliphatic rings. The monoisotopic (exact) mass is 551 g/mol. The lowest BCUT2D eigenvalue weighted by Crippen LogP contribution is -2.37. The number of unbranched alkanes of at least 4 members (excludes halogenated alkanes) is 1. The van der Waals surface area contributed by atoms with E-state index in [2.05, 4.69) is 34.7 Å². The molecule has 0 N–H and O–H groups in total. The van der Waals surface area contributed by atoms with E-state index in [0.717, 1.165) is 31.4 Å². The highest BCUT2D eigenvalue weighted by atomic mass is 79.9. The number of ether oxygens (including phenoxy) is 2. The second-order valence-corrected chi connectivity index (χ2v) is 11.7. The Balaban J connectivity index is 2.15. The zero-order valence-corrected chi connectivity index (χ0v) is 22.7. The van der Waals surface area contributed by atoms with Gasteiger partial charge in [-0.05, 0) is 60.8 Å². The molecule has 1 aliphatic heterocycles. The highest BCUT2D eigenvalue weighted by Gasteiger charge is 2.42. The van der Waals surface area contributed by atoms with Gasteiger partial charge in [0, 0.05) is 23.7 Å². The summed E-state index contributed by atoms with van der Waals surface area (Å²) in [5.74, 6) is -0.127. The van der Waals surface area contributed by atoms with Gasteiger partial charge in [-0.3, -0.25) is 0 Å². The molecule has 3 rings (SSSR count). The van der Waals surface area contributed by atoms with Crippen molar-refractivity contribution in [2.75, 3.05) is 23.8 Å². The number of carbonyl (C=O) groups is 1. The van der Waals surface area contributed by atoms with Crippen LogP contribution in [0.1, 0.15) is 53.4 Å². The molecule has 2 atom stereocenters. The zero-order valence-electron chi connectivity index (χ0n) is 20.3. The molecule has 0 saturated heterocycles. The molecule has 0 aromatic heterocycles. The molecular formula is C26H34BrNO5S. The number of hydrogen-bond acceptors (Lipinski definition) is 6. The Hall–Kier alpha value is -2.06. The number of para-hydroxylation sites is 1. The average Bonchev–Trinajstić information content (AvgIpc) is 2.91. The first-order valence-corrected chi connectivity index (χ1v) is 14.3. The number of esters is 1. The molecule has 0 aliphatic carbocycles. The quantitative estimate of drug-likeness (QED) is 0.341. The minimum absolute atomic E-state index is 0.0708. The van der Waals surface area contributed by atoms with Crippen molar-refractivity contribution in [1.29, 1.82) is 0 Å². The summed E-state index contributed by atoms with van der Waals surface area (Å²) in [5.41, 5.74) is 1.17. The third-order valence-electron chi connectivity index (χ3n) is 6.43. The maximum Gasteiger partial charge on any atom is 0.347 e. The summed E-state index contributed by atoms with van der Waals surface area (Å²) in [6.45, 7) is 8.38. The summed E-state index contributed by atoms with van der Waals surface area (Å²) in [6, 6.07) is 13.2. The number of benzene rings is 2. The van der Waals surface area contributed by atoms with Crippen LogP contribution in [0.4, 0.5) is 11.4 Å². The van der Waals surface area contributed by atoms with Crippen LogP contribution in [0.5, 0.6) is 5.75 Å². The van der Waals surface area contributed by atoms with E-state index in [1.807, 2.05) is 30.3 Å². The molecule has 6 nitrogen and oxygen atoms in total. The predicted molar refractivity (Wildman–Crippen MR) is 139 cm³/mol. The Morgan fingerprint density at radius 1 is 1.18 bits per heavy atom. The lowest BCUT2D eigenvalue weighted by Gasteiger charge is -2.36. The highest BCUT2D eigenvalue weighted by molar-refractivity contribution is 9.10. The smallest absolute Gasteiger partial charge is 0.347 e. The number of halogens is 1. The van der Waals surface area contributed by atoms with Gasteiger partial charge in [-0.25, -0.2) is 13.2 Å². The van der Waals surface area contributed by atoms with E-state index in [-0.39, 0.29) is 22.7 Å². The SMILES string of the molecule is CCCCC1(CC)CN(c2ccccc2)c2cc(Br)c(OC(C)C(=O)OCC)cc2S(=O)(=O)C1. The molecule has 0 radical (unpaired) electrons. The number of nitrogens with zero attached hydrogens (tertiary/aromatic N) is 1. The van der Waals surface area contributed by atoms with Crippen molar-refractivity contribution < 1.29 is 22.7 Å². The van der Waals surface area contributed by atoms with E-state index in [9.17, 15) is 13.2 Å². The second-order valence-electron chi connectivity index (χ2n) is 8.90. The average molecular weight is 553 g/mol. The summed E-state index contributed by atoms with van der Waals surface area (Å²) in [7, 11) is -3.63. The van der Waals surface area contributed by atoms with E-state index < -0.39 is 21.9 Å². The summed E-state index contributed by atoms with van der Waals surface area (Å²) in [4.78, 5) is 14.4. The minimum Gasteiger partial charge on any atom is -0.478 e. The first kappa shape index (κ1) is 26.5. The Bertz CT molecular complexity index is 1110. The molecule has 8 heteroatoms. The van der Waals surface area contributed by atoms with Gasteiger partial charge in [-0.15, -0.1) is 0 Å². The Morgan fingerprint density at radius 2 is 1.88 bits per heavy atom. The maximum atomic E-state index is 13.8. The zero-order chi connectivity index (χ0) is 24.9. The van der Waals surface area contributed by atoms with Gasteiger partial charge >= 0.3 is 5.97 Å². The van der Waals surface area contributed by atoms with Crippen LogP contribution in [0, 0.1) is 5.41 Å². The molecule has 2 aromatic rings. The number of anilines is 2. The molecule has 0 amide bonds. The van der Waals surface area contributed by atoms with E-state index in [1.54, 1.807) is 26.0 Å². The Labute approximate surface area is 211 Å². The van der Waals surface area contributed by atoms with Gasteiger partial charge in [0.25, 0.3) is 0 Å². The molecule has 2 unspecified atom stereocenters. The number of carbonyl (C=O) groups excluding carboxylic acids is 1. The van der Waals surface area contributed by atoms with Crippen LogP contribution in [0.25, 0.3) is 0 Å². The summed E-state index contributed by atoms with van der Waals surface area (Å²) < 4.78 is 39.1. The van der Waals surface area contributed by atoms with Gasteiger partial charge in [0.15, 0.2) is 15.9 Å². The summed E-state index contributed by atoms with van der Waals surface area (Å²) in [6.07, 6.45) is 2.70. The molecule has 186 valence electrons. The Kier molecular flexibility index (Phi) is 8.68. The van der Waals surface area contributed by atoms with Gasteiger partial charge in [0.05, 0.1) is 27.4 Å². The van der Waals surface area contributed by atoms with Crippen molar-refractivity contribution in [2.45, 2.75) is 64.4 Å². The highest BCUT2D eigenvalue weighted by Crippen LogP contribution is 2.46. The van der Waals surface area contributed by atoms with Crippen molar-refractivity contribution in [1.82, 2.24) is 0 Å². The molecule has 0 saturated carbocycles. The second kappa shape index (κ2) is 11.1. The van der Waals surface area contributed by atoms with Crippen LogP contribution in [-0.2, 0) is 19.4 Å². The lowest BCUT2D eigenvalue weighted by molar-refractivity contribution is -0.150. The van der Waals surface area contributed by atoms with Gasteiger partial charge in [-0.2, -0.15) is 0 Å². The van der Waals surface area contributed by atoms with Crippen molar-refractivity contribution in [2.24, 2.45) is 5.41 Å². The third-order valence-corrected chi connectivity index (χ3v) is 9.04. The lowest BCUT2D eigenvalue weighted by atomic mass is 9.81. The van der Waals surface area contributed by atoms with Crippen LogP contribution in [0.15, 0.2) is 51.8 Å². The van der Waals surface area contributed by atoms with Crippen molar-refractivity contribution >= 4 is 43.1 Å². The van der Waals surface area contributed by atoms with Crippen LogP contribution in [0.2, 0.25) is 0 Å². The number of fused-ring (bicyclic) bond motifs is 1. The normalized spacial score (nSPS) is 20.2. The van der Waals surface area contributed by atoms with E-state index >= 15 is 0 Å². The predicted octanol–water partition coefficient (Wildman–Crippen LogP) is 6.29. The fourth-order valence-corrected chi connectivity index (χ4v) is 7.05. The molecular weight excluding hydrogens is 518 g/mol. The minimum atomic E-state index is -3.63. The van der Waals surface area contributed by atoms with Crippen LogP contribution < -0.4 is 9.64 Å². The molecule has 1 heterocycles. The van der Waals surface area contributed by atoms with Gasteiger partial charge in [0.2, 0.25) is 0 Å². The topological polar surface area (TPSA) is 72.9 Å². The third kappa shape index (κ3) is 5.77. The molecule has 2 aromatic carbocycles. The number of sulfone groups is 1. The first-order chi connectivity index (χ1) is 16.2. The van der Waals surface area contributed by atoms with Gasteiger partial charge in [0.1, 0.15) is 5.75 Å². The van der Waals surface area contributed by atoms with Gasteiger partial charge in [-0.1, -0.05) is 44.9 Å². The molecule has 0 bridgehead atoms. The van der Waals surface area contributed by atoms with Crippen molar-refractivity contribution in [3.8, 4) is 5.75 Å². The molecule has 0 spiro atoms. The Morgan fingerprint density at radius 3 is 2.50 bits per heavy atom. The van der Waals surface area contributed by atoms with Crippen LogP contribution >= 0.6 is 15.9 Å². The van der Waals surface area contributed by atoms with Crippen LogP contribution in [-0.4, -0.2) is 39.4 Å². The van der Waals surface area contributed by atoms with Crippen molar-refractivity contribution in [3.05, 3.63) is 46.9 Å². The molecule has 34 heavy (non-hydrogen) atoms. The van der Waals surface area contributed by atoms with Crippen LogP contribution in [0.3, 0.4) is 0 Å². The summed E-state index contributed by atoms with van der Waals surface area (Å²) >= 11 is 3.54. The fraction of sp³-hybridized carbons (Fsp3) is 0.500. The fourth-order valence-electron chi connectivity index (χ4n) is 4.45. The number of hydrogen-bond donors (Lipinski definition) is 0. The van der Waals surface area contributed by atoms with Crippen molar-refractivity contribution in [3.63, 3.8) is 0 Å². The van der Waals surface area contributed by atoms with E-state index in [4.69, 9.17) is 9.47 Å². The maximum absolute atomic E-state index is 13.8. The standard InChI is InChI=1S/C26H34BrNO5S/c1-5-8-14-26(6-2)17-28(20-12-10-9-11-13-20)22-15-21(27)23(16-24(22)34(30,31)18-26)33-19(4)25(29)32-7-3/h9-13,15-16,19H,5-8,14,17-18H2,1-4H3. The van der Waals surface area contributed by atoms with E-state index in [0.29, 0.717) is 22.5 Å². The first-order valence-electron chi connectivity index (χ1n) is 11.9. The summed E-state index contributed by atoms with van der Waals surface area (Å²) in [5, 5.41) is 0. The van der Waals surface area contributed by atoms with E-state index in [1.165, 1.54) is 0 Å².